The van der Waals surface area contributed by atoms with Crippen LogP contribution in [0.3, 0.4) is 0 Å². The predicted molar refractivity (Wildman–Crippen MR) is 126 cm³/mol. The highest BCUT2D eigenvalue weighted by atomic mass is 32.2. The lowest BCUT2D eigenvalue weighted by Gasteiger charge is -2.27. The van der Waals surface area contributed by atoms with E-state index >= 15 is 0 Å². The number of alkyl halides is 1. The molecule has 1 aliphatic carbocycles. The third kappa shape index (κ3) is 5.82. The minimum Gasteiger partial charge on any atom is -0.485 e. The van der Waals surface area contributed by atoms with Crippen LogP contribution in [0.4, 0.5) is 10.1 Å². The molecule has 33 heavy (non-hydrogen) atoms. The van der Waals surface area contributed by atoms with Crippen LogP contribution in [-0.2, 0) is 24.2 Å². The summed E-state index contributed by atoms with van der Waals surface area (Å²) >= 11 is 1.44. The number of carbonyl (C=O) groups is 1. The number of pyridine rings is 2. The van der Waals surface area contributed by atoms with Gasteiger partial charge in [0.1, 0.15) is 18.5 Å². The Bertz CT molecular complexity index is 1090. The van der Waals surface area contributed by atoms with Crippen molar-refractivity contribution < 1.29 is 18.7 Å². The van der Waals surface area contributed by atoms with E-state index in [-0.39, 0.29) is 13.2 Å². The fraction of sp³-hybridized carbons (Fsp3) is 0.320. The normalized spacial score (nSPS) is 13.3. The Morgan fingerprint density at radius 1 is 1.21 bits per heavy atom. The Balaban J connectivity index is 1.60. The number of anilines is 1. The van der Waals surface area contributed by atoms with Gasteiger partial charge in [-0.15, -0.1) is 0 Å². The summed E-state index contributed by atoms with van der Waals surface area (Å²) in [5.41, 5.74) is 4.44. The Labute approximate surface area is 197 Å². The lowest BCUT2D eigenvalue weighted by molar-refractivity contribution is 0.0600. The van der Waals surface area contributed by atoms with Crippen LogP contribution in [0.15, 0.2) is 59.9 Å². The second-order valence-corrected chi connectivity index (χ2v) is 8.98. The van der Waals surface area contributed by atoms with Gasteiger partial charge >= 0.3 is 5.97 Å². The number of hydrogen-bond acceptors (Lipinski definition) is 7. The summed E-state index contributed by atoms with van der Waals surface area (Å²) in [6, 6.07) is 11.4. The third-order valence-electron chi connectivity index (χ3n) is 5.33. The number of methoxy groups -OCH3 is 1. The maximum Gasteiger partial charge on any atom is 0.339 e. The van der Waals surface area contributed by atoms with Gasteiger partial charge in [0.05, 0.1) is 30.6 Å². The van der Waals surface area contributed by atoms with Crippen molar-refractivity contribution in [2.75, 3.05) is 18.0 Å². The van der Waals surface area contributed by atoms with Crippen molar-refractivity contribution in [3.63, 3.8) is 0 Å². The Hall–Kier alpha value is -3.13. The maximum absolute atomic E-state index is 14.2. The van der Waals surface area contributed by atoms with Crippen LogP contribution in [0.5, 0.6) is 5.75 Å². The molecular formula is C25H26FN3O3S. The Morgan fingerprint density at radius 2 is 2.03 bits per heavy atom. The average Bonchev–Trinajstić information content (AvgIpc) is 3.29. The Kier molecular flexibility index (Phi) is 7.44. The topological polar surface area (TPSA) is 64.6 Å². The summed E-state index contributed by atoms with van der Waals surface area (Å²) in [5.74, 6) is 0.255. The average molecular weight is 468 g/mol. The van der Waals surface area contributed by atoms with E-state index in [9.17, 15) is 9.18 Å². The lowest BCUT2D eigenvalue weighted by atomic mass is 10.1. The number of benzene rings is 1. The molecule has 6 nitrogen and oxygen atoms in total. The number of nitrogens with zero attached hydrogens (tertiary/aromatic N) is 3. The van der Waals surface area contributed by atoms with Gasteiger partial charge in [0.25, 0.3) is 0 Å². The quantitative estimate of drug-likeness (QED) is 0.316. The number of fused-ring (bicyclic) bond motifs is 1. The van der Waals surface area contributed by atoms with Gasteiger partial charge in [-0.05, 0) is 85.7 Å². The molecule has 0 spiro atoms. The van der Waals surface area contributed by atoms with Crippen molar-refractivity contribution >= 4 is 23.6 Å². The first kappa shape index (κ1) is 23.0. The zero-order valence-electron chi connectivity index (χ0n) is 18.7. The smallest absolute Gasteiger partial charge is 0.339 e. The number of hydrogen-bond donors (Lipinski definition) is 0. The molecule has 2 aromatic heterocycles. The van der Waals surface area contributed by atoms with Crippen LogP contribution in [-0.4, -0.2) is 35.8 Å². The molecule has 1 aliphatic rings. The minimum absolute atomic E-state index is 0.209. The molecule has 0 saturated carbocycles. The summed E-state index contributed by atoms with van der Waals surface area (Å²) in [7, 11) is 1.34. The molecule has 0 fully saturated rings. The lowest BCUT2D eigenvalue weighted by Crippen LogP contribution is -2.23. The van der Waals surface area contributed by atoms with Crippen LogP contribution < -0.4 is 9.04 Å². The second kappa shape index (κ2) is 10.7. The van der Waals surface area contributed by atoms with Gasteiger partial charge < -0.3 is 13.8 Å². The molecule has 1 aromatic carbocycles. The minimum atomic E-state index is -1.03. The molecule has 0 unspecified atom stereocenters. The number of aryl methyl sites for hydroxylation is 2. The largest absolute Gasteiger partial charge is 0.485 e. The number of carbonyl (C=O) groups excluding carboxylic acids is 1. The number of halogens is 1. The van der Waals surface area contributed by atoms with Crippen LogP contribution in [0.2, 0.25) is 0 Å². The molecule has 3 aromatic rings. The van der Waals surface area contributed by atoms with Gasteiger partial charge in [-0.25, -0.2) is 9.18 Å². The summed E-state index contributed by atoms with van der Waals surface area (Å²) in [5, 5.41) is 0. The zero-order chi connectivity index (χ0) is 23.2. The van der Waals surface area contributed by atoms with Gasteiger partial charge in [-0.2, -0.15) is 0 Å². The van der Waals surface area contributed by atoms with Crippen molar-refractivity contribution in [1.29, 1.82) is 0 Å². The summed E-state index contributed by atoms with van der Waals surface area (Å²) < 4.78 is 27.0. The van der Waals surface area contributed by atoms with Gasteiger partial charge in [-0.1, -0.05) is 0 Å². The van der Waals surface area contributed by atoms with Gasteiger partial charge in [-0.3, -0.25) is 9.97 Å². The van der Waals surface area contributed by atoms with Crippen molar-refractivity contribution in [3.8, 4) is 5.75 Å². The van der Waals surface area contributed by atoms with E-state index in [1.54, 1.807) is 31.5 Å². The molecule has 1 atom stereocenters. The van der Waals surface area contributed by atoms with E-state index in [2.05, 4.69) is 22.1 Å². The molecule has 8 heteroatoms. The van der Waals surface area contributed by atoms with Crippen LogP contribution >= 0.6 is 11.9 Å². The third-order valence-corrected chi connectivity index (χ3v) is 6.35. The first-order chi connectivity index (χ1) is 16.0. The molecule has 0 aliphatic heterocycles. The van der Waals surface area contributed by atoms with E-state index in [4.69, 9.17) is 9.47 Å². The van der Waals surface area contributed by atoms with Crippen LogP contribution in [0.1, 0.15) is 40.5 Å². The predicted octanol–water partition coefficient (Wildman–Crippen LogP) is 5.20. The zero-order valence-corrected chi connectivity index (χ0v) is 19.5. The molecule has 0 saturated heterocycles. The fourth-order valence-electron chi connectivity index (χ4n) is 3.74. The van der Waals surface area contributed by atoms with Crippen molar-refractivity contribution in [2.24, 2.45) is 0 Å². The number of ether oxygens (including phenoxy) is 2. The van der Waals surface area contributed by atoms with E-state index < -0.39 is 12.1 Å². The Morgan fingerprint density at radius 3 is 2.70 bits per heavy atom. The highest BCUT2D eigenvalue weighted by molar-refractivity contribution is 8.00. The monoisotopic (exact) mass is 467 g/mol. The van der Waals surface area contributed by atoms with Gasteiger partial charge in [0.15, 0.2) is 0 Å². The molecule has 2 heterocycles. The standard InChI is InChI=1S/C25H26FN3O3S/c1-17(26)15-29(33-22-7-4-10-27-14-22)23-11-18-5-3-6-19(18)12-24(23)32-16-21-9-8-20(13-28-21)25(30)31-2/h4,7-14,17H,3,5-6,15-16H2,1-2H3/t17-/m1/s1. The van der Waals surface area contributed by atoms with Gasteiger partial charge in [0.2, 0.25) is 0 Å². The fourth-order valence-corrected chi connectivity index (χ4v) is 4.76. The van der Waals surface area contributed by atoms with Crippen molar-refractivity contribution in [1.82, 2.24) is 9.97 Å². The van der Waals surface area contributed by atoms with E-state index in [0.29, 0.717) is 17.0 Å². The van der Waals surface area contributed by atoms with Crippen LogP contribution in [0.25, 0.3) is 0 Å². The van der Waals surface area contributed by atoms with Crippen molar-refractivity contribution in [3.05, 3.63) is 77.4 Å². The van der Waals surface area contributed by atoms with E-state index in [1.807, 2.05) is 16.4 Å². The van der Waals surface area contributed by atoms with Gasteiger partial charge in [0, 0.05) is 23.5 Å². The molecule has 4 rings (SSSR count). The van der Waals surface area contributed by atoms with E-state index in [0.717, 1.165) is 29.8 Å². The molecular weight excluding hydrogens is 441 g/mol. The molecule has 0 radical (unpaired) electrons. The molecule has 172 valence electrons. The highest BCUT2D eigenvalue weighted by Crippen LogP contribution is 2.40. The summed E-state index contributed by atoms with van der Waals surface area (Å²) in [4.78, 5) is 21.0. The number of aromatic nitrogens is 2. The van der Waals surface area contributed by atoms with E-state index in [1.165, 1.54) is 36.4 Å². The summed E-state index contributed by atoms with van der Waals surface area (Å²) in [6.45, 7) is 1.99. The van der Waals surface area contributed by atoms with Crippen LogP contribution in [0, 0.1) is 0 Å². The molecule has 0 N–H and O–H groups in total. The maximum atomic E-state index is 14.2. The first-order valence-corrected chi connectivity index (χ1v) is 11.6. The second-order valence-electron chi connectivity index (χ2n) is 7.88. The first-order valence-electron chi connectivity index (χ1n) is 10.8. The summed E-state index contributed by atoms with van der Waals surface area (Å²) in [6.07, 6.45) is 7.05. The molecule has 0 bridgehead atoms. The molecule has 0 amide bonds. The SMILES string of the molecule is COC(=O)c1ccc(COc2cc3c(cc2N(C[C@@H](C)F)Sc2cccnc2)CCC3)nc1. The highest BCUT2D eigenvalue weighted by Gasteiger charge is 2.22. The number of esters is 1. The number of rotatable bonds is 9. The van der Waals surface area contributed by atoms with Crippen molar-refractivity contribution in [2.45, 2.75) is 43.9 Å².